The fourth-order valence-electron chi connectivity index (χ4n) is 3.14. The normalized spacial score (nSPS) is 11.0. The Morgan fingerprint density at radius 1 is 0.897 bits per heavy atom. The maximum absolute atomic E-state index is 13.3. The first-order valence-electron chi connectivity index (χ1n) is 9.28. The van der Waals surface area contributed by atoms with Crippen LogP contribution in [0.1, 0.15) is 18.1 Å². The second-order valence-corrected chi connectivity index (χ2v) is 7.49. The molecule has 0 unspecified atom stereocenters. The summed E-state index contributed by atoms with van der Waals surface area (Å²) in [6.45, 7) is 2.21. The molecule has 0 atom stereocenters. The van der Waals surface area contributed by atoms with Crippen molar-refractivity contribution in [1.29, 1.82) is 0 Å². The number of hydrogen-bond acceptors (Lipinski definition) is 3. The van der Waals surface area contributed by atoms with E-state index in [1.807, 2.05) is 61.5 Å². The molecule has 0 fully saturated rings. The van der Waals surface area contributed by atoms with Crippen LogP contribution in [0.4, 0.5) is 0 Å². The molecule has 1 aromatic heterocycles. The lowest BCUT2D eigenvalue weighted by molar-refractivity contribution is 0.298. The van der Waals surface area contributed by atoms with Crippen LogP contribution in [0.5, 0.6) is 5.75 Å². The van der Waals surface area contributed by atoms with Gasteiger partial charge in [0.2, 0.25) is 11.2 Å². The molecule has 29 heavy (non-hydrogen) atoms. The molecule has 0 spiro atoms. The van der Waals surface area contributed by atoms with E-state index < -0.39 is 0 Å². The SMILES string of the molecule is CCc1ccc2oc(-c3ccccc3)c(OCc3ccc(Cl)c(Cl)c3)c(=O)c2c1. The Kier molecular flexibility index (Phi) is 5.61. The van der Waals surface area contributed by atoms with E-state index in [1.165, 1.54) is 0 Å². The van der Waals surface area contributed by atoms with E-state index in [9.17, 15) is 4.79 Å². The molecule has 1 heterocycles. The Morgan fingerprint density at radius 3 is 2.38 bits per heavy atom. The van der Waals surface area contributed by atoms with Gasteiger partial charge in [-0.3, -0.25) is 4.79 Å². The Labute approximate surface area is 178 Å². The van der Waals surface area contributed by atoms with Crippen molar-refractivity contribution in [1.82, 2.24) is 0 Å². The van der Waals surface area contributed by atoms with Crippen molar-refractivity contribution in [2.45, 2.75) is 20.0 Å². The molecule has 0 radical (unpaired) electrons. The monoisotopic (exact) mass is 424 g/mol. The van der Waals surface area contributed by atoms with E-state index in [2.05, 4.69) is 0 Å². The molecule has 4 aromatic rings. The zero-order chi connectivity index (χ0) is 20.4. The van der Waals surface area contributed by atoms with Crippen LogP contribution in [0.3, 0.4) is 0 Å². The van der Waals surface area contributed by atoms with Gasteiger partial charge in [-0.05, 0) is 41.8 Å². The molecular formula is C24H18Cl2O3. The fraction of sp³-hybridized carbons (Fsp3) is 0.125. The van der Waals surface area contributed by atoms with Crippen LogP contribution in [0.2, 0.25) is 10.0 Å². The number of fused-ring (bicyclic) bond motifs is 1. The summed E-state index contributed by atoms with van der Waals surface area (Å²) in [5, 5.41) is 1.42. The predicted molar refractivity (Wildman–Crippen MR) is 118 cm³/mol. The Balaban J connectivity index is 1.83. The summed E-state index contributed by atoms with van der Waals surface area (Å²) in [6, 6.07) is 20.4. The highest BCUT2D eigenvalue weighted by Gasteiger charge is 2.18. The van der Waals surface area contributed by atoms with E-state index in [0.717, 1.165) is 23.1 Å². The number of halogens is 2. The highest BCUT2D eigenvalue weighted by Crippen LogP contribution is 2.32. The van der Waals surface area contributed by atoms with Crippen LogP contribution in [-0.4, -0.2) is 0 Å². The first kappa shape index (κ1) is 19.6. The first-order valence-corrected chi connectivity index (χ1v) is 10.0. The van der Waals surface area contributed by atoms with Crippen LogP contribution in [0.15, 0.2) is 75.9 Å². The van der Waals surface area contributed by atoms with Crippen LogP contribution in [0, 0.1) is 0 Å². The average Bonchev–Trinajstić information content (AvgIpc) is 2.75. The summed E-state index contributed by atoms with van der Waals surface area (Å²) in [6.07, 6.45) is 0.829. The van der Waals surface area contributed by atoms with Gasteiger partial charge in [0.15, 0.2) is 5.76 Å². The van der Waals surface area contributed by atoms with Gasteiger partial charge in [-0.2, -0.15) is 0 Å². The highest BCUT2D eigenvalue weighted by atomic mass is 35.5. The van der Waals surface area contributed by atoms with Gasteiger partial charge < -0.3 is 9.15 Å². The van der Waals surface area contributed by atoms with E-state index in [4.69, 9.17) is 32.4 Å². The molecule has 0 saturated heterocycles. The molecule has 5 heteroatoms. The van der Waals surface area contributed by atoms with Gasteiger partial charge in [-0.15, -0.1) is 0 Å². The third-order valence-corrected chi connectivity index (χ3v) is 5.46. The van der Waals surface area contributed by atoms with Gasteiger partial charge in [0.05, 0.1) is 15.4 Å². The van der Waals surface area contributed by atoms with Gasteiger partial charge in [-0.25, -0.2) is 0 Å². The summed E-state index contributed by atoms with van der Waals surface area (Å²) in [4.78, 5) is 13.3. The minimum atomic E-state index is -0.194. The Bertz CT molecular complexity index is 1230. The first-order chi connectivity index (χ1) is 14.1. The van der Waals surface area contributed by atoms with Crippen molar-refractivity contribution < 1.29 is 9.15 Å². The van der Waals surface area contributed by atoms with Crippen molar-refractivity contribution >= 4 is 34.2 Å². The summed E-state index contributed by atoms with van der Waals surface area (Å²) >= 11 is 12.1. The largest absolute Gasteiger partial charge is 0.481 e. The minimum absolute atomic E-state index is 0.167. The zero-order valence-corrected chi connectivity index (χ0v) is 17.3. The molecular weight excluding hydrogens is 407 g/mol. The van der Waals surface area contributed by atoms with Gasteiger partial charge in [0.25, 0.3) is 0 Å². The second kappa shape index (κ2) is 8.32. The Morgan fingerprint density at radius 2 is 1.66 bits per heavy atom. The summed E-state index contributed by atoms with van der Waals surface area (Å²) < 4.78 is 12.1. The Hall–Kier alpha value is -2.75. The lowest BCUT2D eigenvalue weighted by Crippen LogP contribution is -2.10. The summed E-state index contributed by atoms with van der Waals surface area (Å²) in [7, 11) is 0. The van der Waals surface area contributed by atoms with Crippen molar-refractivity contribution in [3.63, 3.8) is 0 Å². The minimum Gasteiger partial charge on any atom is -0.481 e. The molecule has 0 aliphatic heterocycles. The topological polar surface area (TPSA) is 39.4 Å². The lowest BCUT2D eigenvalue weighted by Gasteiger charge is -2.12. The molecule has 0 saturated carbocycles. The lowest BCUT2D eigenvalue weighted by atomic mass is 10.1. The van der Waals surface area contributed by atoms with Crippen molar-refractivity contribution in [2.24, 2.45) is 0 Å². The summed E-state index contributed by atoms with van der Waals surface area (Å²) in [5.74, 6) is 0.593. The van der Waals surface area contributed by atoms with Gasteiger partial charge in [-0.1, -0.05) is 72.6 Å². The molecule has 0 N–H and O–H groups in total. The smallest absolute Gasteiger partial charge is 0.235 e. The highest BCUT2D eigenvalue weighted by molar-refractivity contribution is 6.42. The van der Waals surface area contributed by atoms with Crippen LogP contribution in [-0.2, 0) is 13.0 Å². The van der Waals surface area contributed by atoms with E-state index in [0.29, 0.717) is 26.8 Å². The number of ether oxygens (including phenoxy) is 1. The number of benzene rings is 3. The molecule has 4 rings (SSSR count). The predicted octanol–water partition coefficient (Wildman–Crippen LogP) is 6.91. The number of hydrogen-bond donors (Lipinski definition) is 0. The quantitative estimate of drug-likeness (QED) is 0.349. The molecule has 0 aliphatic carbocycles. The van der Waals surface area contributed by atoms with Crippen molar-refractivity contribution in [3.8, 4) is 17.1 Å². The molecule has 146 valence electrons. The second-order valence-electron chi connectivity index (χ2n) is 6.68. The van der Waals surface area contributed by atoms with Crippen molar-refractivity contribution in [3.05, 3.63) is 98.1 Å². The molecule has 0 amide bonds. The fourth-order valence-corrected chi connectivity index (χ4v) is 3.46. The van der Waals surface area contributed by atoms with Crippen LogP contribution >= 0.6 is 23.2 Å². The zero-order valence-electron chi connectivity index (χ0n) is 15.7. The van der Waals surface area contributed by atoms with Crippen LogP contribution in [0.25, 0.3) is 22.3 Å². The number of rotatable bonds is 5. The molecule has 3 aromatic carbocycles. The maximum Gasteiger partial charge on any atom is 0.235 e. The van der Waals surface area contributed by atoms with Gasteiger partial charge in [0.1, 0.15) is 12.2 Å². The van der Waals surface area contributed by atoms with E-state index in [-0.39, 0.29) is 17.8 Å². The van der Waals surface area contributed by atoms with Gasteiger partial charge >= 0.3 is 0 Å². The van der Waals surface area contributed by atoms with Crippen LogP contribution < -0.4 is 10.2 Å². The third kappa shape index (κ3) is 4.02. The van der Waals surface area contributed by atoms with E-state index in [1.54, 1.807) is 12.1 Å². The molecule has 0 bridgehead atoms. The third-order valence-electron chi connectivity index (χ3n) is 4.72. The molecule has 0 aliphatic rings. The molecule has 3 nitrogen and oxygen atoms in total. The average molecular weight is 425 g/mol. The van der Waals surface area contributed by atoms with E-state index >= 15 is 0 Å². The van der Waals surface area contributed by atoms with Crippen molar-refractivity contribution in [2.75, 3.05) is 0 Å². The summed E-state index contributed by atoms with van der Waals surface area (Å²) in [5.41, 5.74) is 2.98. The standard InChI is InChI=1S/C24H18Cl2O3/c1-2-15-9-11-21-18(12-15)22(27)24(23(29-21)17-6-4-3-5-7-17)28-14-16-8-10-19(25)20(26)13-16/h3-13H,2,14H2,1H3. The number of aryl methyl sites for hydroxylation is 1. The van der Waals surface area contributed by atoms with Gasteiger partial charge in [0, 0.05) is 5.56 Å². The maximum atomic E-state index is 13.3.